The van der Waals surface area contributed by atoms with Crippen LogP contribution in [-0.2, 0) is 4.79 Å². The third kappa shape index (κ3) is 1.36. The smallest absolute Gasteiger partial charge is 0.252 e. The molecule has 4 rings (SSSR count). The van der Waals surface area contributed by atoms with Gasteiger partial charge < -0.3 is 9.80 Å². The molecule has 0 bridgehead atoms. The fourth-order valence-electron chi connectivity index (χ4n) is 3.19. The van der Waals surface area contributed by atoms with Crippen LogP contribution < -0.4 is 9.80 Å². The van der Waals surface area contributed by atoms with Crippen LogP contribution in [0.25, 0.3) is 10.9 Å². The van der Waals surface area contributed by atoms with E-state index in [4.69, 9.17) is 0 Å². The Labute approximate surface area is 125 Å². The van der Waals surface area contributed by atoms with Gasteiger partial charge in [-0.15, -0.1) is 0 Å². The lowest BCUT2D eigenvalue weighted by Crippen LogP contribution is -2.52. The van der Waals surface area contributed by atoms with Crippen molar-refractivity contribution in [2.45, 2.75) is 18.4 Å². The SMILES string of the molecule is CN1C(=O)C2(CC2)N(C)c2c1cnc1ccc(Br)cc21. The Hall–Kier alpha value is -1.62. The molecule has 0 saturated heterocycles. The zero-order valence-corrected chi connectivity index (χ0v) is 12.9. The van der Waals surface area contributed by atoms with Crippen molar-refractivity contribution in [3.8, 4) is 0 Å². The van der Waals surface area contributed by atoms with Gasteiger partial charge in [0.05, 0.1) is 23.1 Å². The number of hydrogen-bond acceptors (Lipinski definition) is 3. The number of hydrogen-bond donors (Lipinski definition) is 0. The van der Waals surface area contributed by atoms with E-state index in [2.05, 4.69) is 31.9 Å². The number of benzene rings is 1. The molecule has 102 valence electrons. The van der Waals surface area contributed by atoms with Gasteiger partial charge >= 0.3 is 0 Å². The van der Waals surface area contributed by atoms with Crippen molar-refractivity contribution >= 4 is 44.1 Å². The molecule has 1 saturated carbocycles. The molecule has 20 heavy (non-hydrogen) atoms. The fourth-order valence-corrected chi connectivity index (χ4v) is 3.55. The molecule has 1 spiro atoms. The molecular formula is C15H14BrN3O. The highest BCUT2D eigenvalue weighted by atomic mass is 79.9. The first kappa shape index (κ1) is 12.1. The zero-order valence-electron chi connectivity index (χ0n) is 11.4. The van der Waals surface area contributed by atoms with E-state index in [1.165, 1.54) is 0 Å². The van der Waals surface area contributed by atoms with Crippen molar-refractivity contribution in [3.05, 3.63) is 28.9 Å². The van der Waals surface area contributed by atoms with Crippen molar-refractivity contribution in [2.24, 2.45) is 0 Å². The van der Waals surface area contributed by atoms with Crippen molar-refractivity contribution < 1.29 is 4.79 Å². The van der Waals surface area contributed by atoms with Gasteiger partial charge in [0.15, 0.2) is 0 Å². The zero-order chi connectivity index (χ0) is 14.1. The number of anilines is 2. The summed E-state index contributed by atoms with van der Waals surface area (Å²) in [6.07, 6.45) is 3.67. The molecule has 2 aliphatic rings. The predicted octanol–water partition coefficient (Wildman–Crippen LogP) is 2.94. The second-order valence-electron chi connectivity index (χ2n) is 5.61. The molecule has 1 aromatic heterocycles. The molecular weight excluding hydrogens is 318 g/mol. The molecule has 4 nitrogen and oxygen atoms in total. The van der Waals surface area contributed by atoms with Gasteiger partial charge in [0.2, 0.25) is 0 Å². The number of amides is 1. The number of rotatable bonds is 0. The minimum Gasteiger partial charge on any atom is -0.358 e. The van der Waals surface area contributed by atoms with Crippen LogP contribution >= 0.6 is 15.9 Å². The van der Waals surface area contributed by atoms with Crippen LogP contribution in [0, 0.1) is 0 Å². The summed E-state index contributed by atoms with van der Waals surface area (Å²) in [4.78, 5) is 20.9. The molecule has 0 unspecified atom stereocenters. The monoisotopic (exact) mass is 331 g/mol. The van der Waals surface area contributed by atoms with Gasteiger partial charge in [0, 0.05) is 24.0 Å². The van der Waals surface area contributed by atoms with Crippen molar-refractivity contribution in [1.29, 1.82) is 0 Å². The van der Waals surface area contributed by atoms with Gasteiger partial charge in [0.25, 0.3) is 5.91 Å². The van der Waals surface area contributed by atoms with Crippen LogP contribution in [0.4, 0.5) is 11.4 Å². The highest BCUT2D eigenvalue weighted by Crippen LogP contribution is 2.52. The Morgan fingerprint density at radius 1 is 1.30 bits per heavy atom. The highest BCUT2D eigenvalue weighted by Gasteiger charge is 2.58. The number of fused-ring (bicyclic) bond motifs is 3. The largest absolute Gasteiger partial charge is 0.358 e. The number of nitrogens with zero attached hydrogens (tertiary/aromatic N) is 3. The van der Waals surface area contributed by atoms with E-state index in [1.807, 2.05) is 26.2 Å². The molecule has 1 amide bonds. The molecule has 1 aromatic carbocycles. The first-order chi connectivity index (χ1) is 9.54. The summed E-state index contributed by atoms with van der Waals surface area (Å²) in [5.74, 6) is 0.184. The molecule has 1 fully saturated rings. The third-order valence-corrected chi connectivity index (χ3v) is 5.04. The second kappa shape index (κ2) is 3.73. The minimum atomic E-state index is -0.321. The Bertz CT molecular complexity index is 754. The Kier molecular flexibility index (Phi) is 2.26. The Morgan fingerprint density at radius 3 is 2.75 bits per heavy atom. The molecule has 0 radical (unpaired) electrons. The summed E-state index contributed by atoms with van der Waals surface area (Å²) in [7, 11) is 3.87. The van der Waals surface area contributed by atoms with Gasteiger partial charge in [0.1, 0.15) is 5.54 Å². The molecule has 1 aliphatic carbocycles. The van der Waals surface area contributed by atoms with Crippen LogP contribution in [0.15, 0.2) is 28.9 Å². The summed E-state index contributed by atoms with van der Waals surface area (Å²) >= 11 is 3.52. The normalized spacial score (nSPS) is 19.6. The number of pyridine rings is 1. The fraction of sp³-hybridized carbons (Fsp3) is 0.333. The minimum absolute atomic E-state index is 0.184. The first-order valence-electron chi connectivity index (χ1n) is 6.65. The molecule has 0 N–H and O–H groups in total. The standard InChI is InChI=1S/C15H14BrN3O/c1-18-12-8-17-11-4-3-9(16)7-10(11)13(12)19(2)15(5-6-15)14(18)20/h3-4,7-8H,5-6H2,1-2H3. The van der Waals surface area contributed by atoms with E-state index < -0.39 is 0 Å². The topological polar surface area (TPSA) is 36.4 Å². The van der Waals surface area contributed by atoms with Crippen LogP contribution in [0.2, 0.25) is 0 Å². The quantitative estimate of drug-likeness (QED) is 0.744. The van der Waals surface area contributed by atoms with E-state index in [-0.39, 0.29) is 11.4 Å². The maximum Gasteiger partial charge on any atom is 0.252 e. The van der Waals surface area contributed by atoms with E-state index in [0.29, 0.717) is 0 Å². The summed E-state index contributed by atoms with van der Waals surface area (Å²) in [6, 6.07) is 6.08. The summed E-state index contributed by atoms with van der Waals surface area (Å²) in [5.41, 5.74) is 2.63. The summed E-state index contributed by atoms with van der Waals surface area (Å²) in [6.45, 7) is 0. The molecule has 2 aromatic rings. The lowest BCUT2D eigenvalue weighted by Gasteiger charge is -2.40. The molecule has 5 heteroatoms. The lowest BCUT2D eigenvalue weighted by molar-refractivity contribution is -0.120. The van der Waals surface area contributed by atoms with Crippen molar-refractivity contribution in [3.63, 3.8) is 0 Å². The van der Waals surface area contributed by atoms with Gasteiger partial charge in [-0.3, -0.25) is 9.78 Å². The average Bonchev–Trinajstić information content (AvgIpc) is 3.24. The summed E-state index contributed by atoms with van der Waals surface area (Å²) < 4.78 is 1.03. The number of aromatic nitrogens is 1. The summed E-state index contributed by atoms with van der Waals surface area (Å²) in [5, 5.41) is 1.09. The van der Waals surface area contributed by atoms with Crippen LogP contribution in [0.5, 0.6) is 0 Å². The third-order valence-electron chi connectivity index (χ3n) is 4.55. The van der Waals surface area contributed by atoms with E-state index in [1.54, 1.807) is 11.1 Å². The predicted molar refractivity (Wildman–Crippen MR) is 83.2 cm³/mol. The average molecular weight is 332 g/mol. The van der Waals surface area contributed by atoms with Gasteiger partial charge in [-0.1, -0.05) is 15.9 Å². The van der Waals surface area contributed by atoms with E-state index >= 15 is 0 Å². The molecule has 0 atom stereocenters. The number of carbonyl (C=O) groups is 1. The van der Waals surface area contributed by atoms with Crippen molar-refractivity contribution in [1.82, 2.24) is 4.98 Å². The number of likely N-dealkylation sites (N-methyl/N-ethyl adjacent to an activating group) is 2. The molecule has 1 aliphatic heterocycles. The van der Waals surface area contributed by atoms with Crippen LogP contribution in [0.3, 0.4) is 0 Å². The Morgan fingerprint density at radius 2 is 2.05 bits per heavy atom. The maximum absolute atomic E-state index is 12.5. The van der Waals surface area contributed by atoms with Crippen LogP contribution in [0.1, 0.15) is 12.8 Å². The van der Waals surface area contributed by atoms with Gasteiger partial charge in [-0.25, -0.2) is 0 Å². The number of halogens is 1. The van der Waals surface area contributed by atoms with Gasteiger partial charge in [-0.2, -0.15) is 0 Å². The van der Waals surface area contributed by atoms with Crippen LogP contribution in [-0.4, -0.2) is 30.5 Å². The van der Waals surface area contributed by atoms with E-state index in [0.717, 1.165) is 39.6 Å². The van der Waals surface area contributed by atoms with Crippen molar-refractivity contribution in [2.75, 3.05) is 23.9 Å². The lowest BCUT2D eigenvalue weighted by atomic mass is 10.0. The van der Waals surface area contributed by atoms with E-state index in [9.17, 15) is 4.79 Å². The first-order valence-corrected chi connectivity index (χ1v) is 7.44. The maximum atomic E-state index is 12.5. The van der Waals surface area contributed by atoms with Gasteiger partial charge in [-0.05, 0) is 31.0 Å². The Balaban J connectivity index is 2.07. The number of carbonyl (C=O) groups excluding carboxylic acids is 1. The molecule has 2 heterocycles. The second-order valence-corrected chi connectivity index (χ2v) is 6.52. The highest BCUT2D eigenvalue weighted by molar-refractivity contribution is 9.10.